The van der Waals surface area contributed by atoms with Crippen molar-refractivity contribution in [3.8, 4) is 10.6 Å². The molecule has 1 aliphatic carbocycles. The second-order valence-electron chi connectivity index (χ2n) is 7.25. The second kappa shape index (κ2) is 6.50. The van der Waals surface area contributed by atoms with Gasteiger partial charge in [0.2, 0.25) is 0 Å². The van der Waals surface area contributed by atoms with Crippen LogP contribution in [-0.4, -0.2) is 48.7 Å². The summed E-state index contributed by atoms with van der Waals surface area (Å²) in [7, 11) is 1.83. The molecule has 8 heteroatoms. The maximum Gasteiger partial charge on any atom is 0.326 e. The molecule has 1 aliphatic heterocycles. The lowest BCUT2D eigenvalue weighted by Crippen LogP contribution is -2.46. The van der Waals surface area contributed by atoms with Crippen LogP contribution in [0.1, 0.15) is 47.5 Å². The number of hydrogen-bond acceptors (Lipinski definition) is 5. The lowest BCUT2D eigenvalue weighted by atomic mass is 9.85. The van der Waals surface area contributed by atoms with Crippen LogP contribution in [0.3, 0.4) is 0 Å². The topological polar surface area (TPSA) is 88.3 Å². The number of aryl methyl sites for hydroxylation is 2. The van der Waals surface area contributed by atoms with Gasteiger partial charge in [-0.3, -0.25) is 9.48 Å². The molecule has 1 saturated heterocycles. The summed E-state index contributed by atoms with van der Waals surface area (Å²) in [5.41, 5.74) is 1.52. The van der Waals surface area contributed by atoms with Gasteiger partial charge in [0.1, 0.15) is 15.9 Å². The van der Waals surface area contributed by atoms with Crippen LogP contribution in [-0.2, 0) is 11.8 Å². The second-order valence-corrected chi connectivity index (χ2v) is 8.25. The van der Waals surface area contributed by atoms with Crippen molar-refractivity contribution in [2.24, 2.45) is 13.0 Å². The number of fused-ring (bicyclic) bond motifs is 1. The standard InChI is InChI=1S/C18H22N4O3S/c1-10-15(26-16(20-10)12-8-19-21(2)9-12)17(23)22-13-6-4-3-5-11(13)7-14(22)18(24)25/h8-9,11,13-14H,3-7H2,1-2H3,(H,24,25)/t11-,13+,14+/m1/s1. The molecule has 1 N–H and O–H groups in total. The van der Waals surface area contributed by atoms with Gasteiger partial charge in [0.25, 0.3) is 5.91 Å². The van der Waals surface area contributed by atoms with Gasteiger partial charge in [0, 0.05) is 24.8 Å². The van der Waals surface area contributed by atoms with E-state index in [4.69, 9.17) is 0 Å². The Balaban J connectivity index is 1.67. The minimum absolute atomic E-state index is 0.0423. The van der Waals surface area contributed by atoms with Gasteiger partial charge in [0.15, 0.2) is 0 Å². The SMILES string of the molecule is Cc1nc(-c2cnn(C)c2)sc1C(=O)N1[C@H](C(=O)O)C[C@H]2CCCC[C@@H]21. The number of carbonyl (C=O) groups excluding carboxylic acids is 1. The van der Waals surface area contributed by atoms with E-state index < -0.39 is 12.0 Å². The Hall–Kier alpha value is -2.22. The van der Waals surface area contributed by atoms with E-state index in [1.54, 1.807) is 15.8 Å². The number of carboxylic acids is 1. The van der Waals surface area contributed by atoms with Crippen molar-refractivity contribution in [1.82, 2.24) is 19.7 Å². The molecule has 7 nitrogen and oxygen atoms in total. The van der Waals surface area contributed by atoms with Gasteiger partial charge in [-0.1, -0.05) is 12.8 Å². The normalized spacial score (nSPS) is 25.3. The lowest BCUT2D eigenvalue weighted by Gasteiger charge is -2.32. The zero-order valence-corrected chi connectivity index (χ0v) is 15.7. The zero-order valence-electron chi connectivity index (χ0n) is 14.9. The number of likely N-dealkylation sites (tertiary alicyclic amines) is 1. The van der Waals surface area contributed by atoms with Crippen molar-refractivity contribution in [3.05, 3.63) is 23.0 Å². The highest BCUT2D eigenvalue weighted by Gasteiger charge is 2.48. The molecule has 0 aromatic carbocycles. The van der Waals surface area contributed by atoms with Crippen molar-refractivity contribution in [2.75, 3.05) is 0 Å². The Morgan fingerprint density at radius 3 is 2.77 bits per heavy atom. The molecule has 2 fully saturated rings. The first-order valence-electron chi connectivity index (χ1n) is 8.97. The van der Waals surface area contributed by atoms with Gasteiger partial charge >= 0.3 is 5.97 Å². The minimum atomic E-state index is -0.901. The molecule has 3 heterocycles. The summed E-state index contributed by atoms with van der Waals surface area (Å²) in [4.78, 5) is 31.8. The Kier molecular flexibility index (Phi) is 4.30. The van der Waals surface area contributed by atoms with Crippen LogP contribution in [0.15, 0.2) is 12.4 Å². The molecule has 2 aliphatic rings. The van der Waals surface area contributed by atoms with Crippen LogP contribution in [0, 0.1) is 12.8 Å². The number of carboxylic acid groups (broad SMARTS) is 1. The molecule has 138 valence electrons. The summed E-state index contributed by atoms with van der Waals surface area (Å²) in [5.74, 6) is -0.779. The first kappa shape index (κ1) is 17.2. The number of carbonyl (C=O) groups is 2. The highest BCUT2D eigenvalue weighted by Crippen LogP contribution is 2.41. The third kappa shape index (κ3) is 2.82. The molecule has 2 aromatic rings. The van der Waals surface area contributed by atoms with E-state index in [1.807, 2.05) is 20.2 Å². The lowest BCUT2D eigenvalue weighted by molar-refractivity contribution is -0.141. The number of thiazole rings is 1. The Bertz CT molecular complexity index is 858. The molecule has 0 unspecified atom stereocenters. The smallest absolute Gasteiger partial charge is 0.326 e. The van der Waals surface area contributed by atoms with Gasteiger partial charge in [-0.2, -0.15) is 5.10 Å². The molecule has 2 aromatic heterocycles. The molecule has 0 spiro atoms. The maximum absolute atomic E-state index is 13.3. The van der Waals surface area contributed by atoms with Crippen LogP contribution >= 0.6 is 11.3 Å². The summed E-state index contributed by atoms with van der Waals surface area (Å²) >= 11 is 1.33. The van der Waals surface area contributed by atoms with Crippen LogP contribution in [0.5, 0.6) is 0 Å². The summed E-state index contributed by atoms with van der Waals surface area (Å²) in [6.45, 7) is 1.81. The number of aliphatic carboxylic acids is 1. The first-order valence-corrected chi connectivity index (χ1v) is 9.79. The van der Waals surface area contributed by atoms with Crippen LogP contribution in [0.4, 0.5) is 0 Å². The van der Waals surface area contributed by atoms with Gasteiger partial charge in [-0.25, -0.2) is 9.78 Å². The Labute approximate surface area is 155 Å². The third-order valence-corrected chi connectivity index (χ3v) is 6.74. The Morgan fingerprint density at radius 2 is 2.08 bits per heavy atom. The van der Waals surface area contributed by atoms with E-state index in [0.717, 1.165) is 36.3 Å². The highest BCUT2D eigenvalue weighted by molar-refractivity contribution is 7.17. The predicted molar refractivity (Wildman–Crippen MR) is 97.0 cm³/mol. The predicted octanol–water partition coefficient (Wildman–Crippen LogP) is 2.71. The highest BCUT2D eigenvalue weighted by atomic mass is 32.1. The van der Waals surface area contributed by atoms with Crippen LogP contribution in [0.2, 0.25) is 0 Å². The molecule has 3 atom stereocenters. The quantitative estimate of drug-likeness (QED) is 0.892. The van der Waals surface area contributed by atoms with Crippen molar-refractivity contribution in [1.29, 1.82) is 0 Å². The zero-order chi connectivity index (χ0) is 18.4. The van der Waals surface area contributed by atoms with Gasteiger partial charge in [-0.15, -0.1) is 11.3 Å². The fourth-order valence-electron chi connectivity index (χ4n) is 4.34. The average Bonchev–Trinajstić information content (AvgIpc) is 3.30. The van der Waals surface area contributed by atoms with E-state index >= 15 is 0 Å². The van der Waals surface area contributed by atoms with Gasteiger partial charge in [-0.05, 0) is 32.1 Å². The molecule has 0 bridgehead atoms. The molecular weight excluding hydrogens is 352 g/mol. The van der Waals surface area contributed by atoms with Gasteiger partial charge < -0.3 is 10.0 Å². The maximum atomic E-state index is 13.3. The van der Waals surface area contributed by atoms with E-state index in [1.165, 1.54) is 11.3 Å². The fraction of sp³-hybridized carbons (Fsp3) is 0.556. The number of amides is 1. The van der Waals surface area contributed by atoms with Crippen LogP contribution in [0.25, 0.3) is 10.6 Å². The number of aromatic nitrogens is 3. The molecule has 26 heavy (non-hydrogen) atoms. The monoisotopic (exact) mass is 374 g/mol. The summed E-state index contributed by atoms with van der Waals surface area (Å²) in [6, 6.07) is -0.681. The van der Waals surface area contributed by atoms with Crippen molar-refractivity contribution in [2.45, 2.75) is 51.1 Å². The molecule has 1 saturated carbocycles. The summed E-state index contributed by atoms with van der Waals surface area (Å²) < 4.78 is 1.70. The van der Waals surface area contributed by atoms with E-state index in [0.29, 0.717) is 22.9 Å². The summed E-state index contributed by atoms with van der Waals surface area (Å²) in [5, 5.41) is 14.6. The van der Waals surface area contributed by atoms with Crippen molar-refractivity contribution in [3.63, 3.8) is 0 Å². The molecule has 0 radical (unpaired) electrons. The van der Waals surface area contributed by atoms with E-state index in [9.17, 15) is 14.7 Å². The largest absolute Gasteiger partial charge is 0.480 e. The summed E-state index contributed by atoms with van der Waals surface area (Å²) in [6.07, 6.45) is 8.24. The van der Waals surface area contributed by atoms with Crippen LogP contribution < -0.4 is 0 Å². The third-order valence-electron chi connectivity index (χ3n) is 5.55. The van der Waals surface area contributed by atoms with Gasteiger partial charge in [0.05, 0.1) is 11.9 Å². The number of nitrogens with zero attached hydrogens (tertiary/aromatic N) is 4. The van der Waals surface area contributed by atoms with E-state index in [-0.39, 0.29) is 11.9 Å². The number of rotatable bonds is 3. The van der Waals surface area contributed by atoms with Crippen molar-refractivity contribution >= 4 is 23.2 Å². The molecule has 4 rings (SSSR count). The molecular formula is C18H22N4O3S. The average molecular weight is 374 g/mol. The number of hydrogen-bond donors (Lipinski definition) is 1. The first-order chi connectivity index (χ1) is 12.5. The fourth-order valence-corrected chi connectivity index (χ4v) is 5.33. The minimum Gasteiger partial charge on any atom is -0.480 e. The molecule has 1 amide bonds. The van der Waals surface area contributed by atoms with E-state index in [2.05, 4.69) is 10.1 Å². The van der Waals surface area contributed by atoms with Crippen molar-refractivity contribution < 1.29 is 14.7 Å². The Morgan fingerprint density at radius 1 is 1.31 bits per heavy atom.